The van der Waals surface area contributed by atoms with E-state index in [-0.39, 0.29) is 5.97 Å². The first-order valence-corrected chi connectivity index (χ1v) is 9.92. The fourth-order valence-corrected chi connectivity index (χ4v) is 4.58. The van der Waals surface area contributed by atoms with E-state index in [1.54, 1.807) is 6.20 Å². The molecule has 0 unspecified atom stereocenters. The number of aromatic nitrogens is 2. The predicted molar refractivity (Wildman–Crippen MR) is 115 cm³/mol. The zero-order valence-electron chi connectivity index (χ0n) is 16.3. The third-order valence-corrected chi connectivity index (χ3v) is 6.10. The van der Waals surface area contributed by atoms with Crippen LogP contribution in [0.15, 0.2) is 66.0 Å². The van der Waals surface area contributed by atoms with Gasteiger partial charge in [0.1, 0.15) is 10.4 Å². The number of pyridine rings is 1. The SMILES string of the molecule is COC(=O)C(C)(C)Sc1cc2nccn2cc1-c1ccc(C#N)c2ccccc12. The molecule has 144 valence electrons. The molecule has 0 radical (unpaired) electrons. The molecule has 0 N–H and O–H groups in total. The van der Waals surface area contributed by atoms with E-state index in [2.05, 4.69) is 11.1 Å². The maximum atomic E-state index is 12.3. The highest BCUT2D eigenvalue weighted by atomic mass is 32.2. The molecule has 0 aliphatic carbocycles. The van der Waals surface area contributed by atoms with Crippen LogP contribution in [-0.2, 0) is 9.53 Å². The third kappa shape index (κ3) is 3.34. The maximum Gasteiger partial charge on any atom is 0.321 e. The Morgan fingerprint density at radius 3 is 2.66 bits per heavy atom. The van der Waals surface area contributed by atoms with Crippen molar-refractivity contribution in [1.29, 1.82) is 5.26 Å². The normalized spacial score (nSPS) is 11.5. The van der Waals surface area contributed by atoms with E-state index in [1.165, 1.54) is 18.9 Å². The van der Waals surface area contributed by atoms with Gasteiger partial charge in [-0.3, -0.25) is 4.79 Å². The summed E-state index contributed by atoms with van der Waals surface area (Å²) in [5.74, 6) is -0.290. The van der Waals surface area contributed by atoms with Crippen LogP contribution in [0.2, 0.25) is 0 Å². The zero-order chi connectivity index (χ0) is 20.6. The van der Waals surface area contributed by atoms with Gasteiger partial charge in [-0.1, -0.05) is 30.3 Å². The monoisotopic (exact) mass is 401 g/mol. The maximum absolute atomic E-state index is 12.3. The summed E-state index contributed by atoms with van der Waals surface area (Å²) in [6.07, 6.45) is 5.66. The third-order valence-electron chi connectivity index (χ3n) is 4.87. The van der Waals surface area contributed by atoms with Gasteiger partial charge in [0, 0.05) is 34.4 Å². The van der Waals surface area contributed by atoms with Gasteiger partial charge >= 0.3 is 5.97 Å². The Hall–Kier alpha value is -3.30. The van der Waals surface area contributed by atoms with Crippen LogP contribution in [0.1, 0.15) is 19.4 Å². The Labute approximate surface area is 172 Å². The van der Waals surface area contributed by atoms with Gasteiger partial charge in [0.25, 0.3) is 0 Å². The van der Waals surface area contributed by atoms with Gasteiger partial charge in [0.2, 0.25) is 0 Å². The number of nitrogens with zero attached hydrogens (tertiary/aromatic N) is 3. The van der Waals surface area contributed by atoms with Gasteiger partial charge in [-0.05, 0) is 36.9 Å². The Kier molecular flexibility index (Phi) is 4.77. The number of thioether (sulfide) groups is 1. The van der Waals surface area contributed by atoms with Gasteiger partial charge in [-0.25, -0.2) is 4.98 Å². The summed E-state index contributed by atoms with van der Waals surface area (Å²) in [7, 11) is 1.40. The Morgan fingerprint density at radius 2 is 1.93 bits per heavy atom. The van der Waals surface area contributed by atoms with Crippen LogP contribution in [0.25, 0.3) is 27.5 Å². The van der Waals surface area contributed by atoms with Gasteiger partial charge in [-0.2, -0.15) is 5.26 Å². The standard InChI is InChI=1S/C23H19N3O2S/c1-23(2,22(27)28-3)29-20-12-21-25-10-11-26(21)14-19(20)18-9-8-15(13-24)16-6-4-5-7-17(16)18/h4-12,14H,1-3H3. The van der Waals surface area contributed by atoms with Crippen LogP contribution in [0.4, 0.5) is 0 Å². The molecule has 29 heavy (non-hydrogen) atoms. The highest BCUT2D eigenvalue weighted by molar-refractivity contribution is 8.01. The number of nitriles is 1. The number of carbonyl (C=O) groups excluding carboxylic acids is 1. The molecule has 2 aromatic carbocycles. The first-order valence-electron chi connectivity index (χ1n) is 9.11. The molecule has 2 heterocycles. The van der Waals surface area contributed by atoms with Crippen LogP contribution < -0.4 is 0 Å². The van der Waals surface area contributed by atoms with Crippen LogP contribution in [0.3, 0.4) is 0 Å². The minimum absolute atomic E-state index is 0.290. The highest BCUT2D eigenvalue weighted by Crippen LogP contribution is 2.42. The summed E-state index contributed by atoms with van der Waals surface area (Å²) in [6, 6.07) is 15.9. The number of hydrogen-bond donors (Lipinski definition) is 0. The molecule has 0 aliphatic heterocycles. The summed E-state index contributed by atoms with van der Waals surface area (Å²) >= 11 is 1.44. The van der Waals surface area contributed by atoms with E-state index >= 15 is 0 Å². The molecule has 0 saturated heterocycles. The first-order chi connectivity index (χ1) is 13.9. The van der Waals surface area contributed by atoms with E-state index in [1.807, 2.05) is 73.1 Å². The number of imidazole rings is 1. The number of fused-ring (bicyclic) bond motifs is 2. The topological polar surface area (TPSA) is 67.4 Å². The summed E-state index contributed by atoms with van der Waals surface area (Å²) in [5, 5.41) is 11.4. The van der Waals surface area contributed by atoms with Gasteiger partial charge in [-0.15, -0.1) is 11.8 Å². The Bertz CT molecular complexity index is 1280. The van der Waals surface area contributed by atoms with Gasteiger partial charge in [0.05, 0.1) is 18.7 Å². The quantitative estimate of drug-likeness (QED) is 0.353. The lowest BCUT2D eigenvalue weighted by molar-refractivity contribution is -0.142. The van der Waals surface area contributed by atoms with E-state index in [4.69, 9.17) is 4.74 Å². The second kappa shape index (κ2) is 7.26. The summed E-state index contributed by atoms with van der Waals surface area (Å²) < 4.78 is 6.18. The number of rotatable bonds is 4. The minimum atomic E-state index is -0.767. The molecule has 4 rings (SSSR count). The average Bonchev–Trinajstić information content (AvgIpc) is 3.18. The fraction of sp³-hybridized carbons (Fsp3) is 0.174. The molecule has 0 bridgehead atoms. The van der Waals surface area contributed by atoms with Crippen LogP contribution in [0.5, 0.6) is 0 Å². The molecule has 5 nitrogen and oxygen atoms in total. The summed E-state index contributed by atoms with van der Waals surface area (Å²) in [5.41, 5.74) is 3.41. The zero-order valence-corrected chi connectivity index (χ0v) is 17.2. The Balaban J connectivity index is 1.98. The Morgan fingerprint density at radius 1 is 1.17 bits per heavy atom. The molecular weight excluding hydrogens is 382 g/mol. The molecule has 2 aromatic heterocycles. The van der Waals surface area contributed by atoms with Gasteiger partial charge < -0.3 is 9.14 Å². The second-order valence-corrected chi connectivity index (χ2v) is 8.83. The highest BCUT2D eigenvalue weighted by Gasteiger charge is 2.31. The van der Waals surface area contributed by atoms with E-state index in [0.29, 0.717) is 5.56 Å². The van der Waals surface area contributed by atoms with Crippen molar-refractivity contribution in [2.45, 2.75) is 23.5 Å². The molecule has 4 aromatic rings. The summed E-state index contributed by atoms with van der Waals surface area (Å²) in [4.78, 5) is 17.6. The molecule has 0 atom stereocenters. The van der Waals surface area contributed by atoms with Crippen LogP contribution in [0, 0.1) is 11.3 Å². The van der Waals surface area contributed by atoms with Crippen molar-refractivity contribution in [3.63, 3.8) is 0 Å². The number of ether oxygens (including phenoxy) is 1. The molecule has 0 amide bonds. The smallest absolute Gasteiger partial charge is 0.321 e. The first kappa shape index (κ1) is 19.0. The number of methoxy groups -OCH3 is 1. The van der Waals surface area contributed by atoms with Crippen LogP contribution >= 0.6 is 11.8 Å². The molecule has 0 spiro atoms. The lowest BCUT2D eigenvalue weighted by atomic mass is 9.96. The van der Waals surface area contributed by atoms with Crippen molar-refractivity contribution >= 4 is 34.2 Å². The number of carbonyl (C=O) groups is 1. The summed E-state index contributed by atoms with van der Waals surface area (Å²) in [6.45, 7) is 3.69. The average molecular weight is 401 g/mol. The molecule has 0 saturated carbocycles. The van der Waals surface area contributed by atoms with E-state index in [9.17, 15) is 10.1 Å². The molecular formula is C23H19N3O2S. The number of benzene rings is 2. The fourth-order valence-electron chi connectivity index (χ4n) is 3.42. The van der Waals surface area contributed by atoms with Crippen molar-refractivity contribution in [1.82, 2.24) is 9.38 Å². The van der Waals surface area contributed by atoms with Gasteiger partial charge in [0.15, 0.2) is 0 Å². The van der Waals surface area contributed by atoms with Crippen molar-refractivity contribution in [2.75, 3.05) is 7.11 Å². The predicted octanol–water partition coefficient (Wildman–Crippen LogP) is 5.07. The number of esters is 1. The molecule has 0 aliphatic rings. The molecule has 0 fully saturated rings. The number of hydrogen-bond acceptors (Lipinski definition) is 5. The van der Waals surface area contributed by atoms with Crippen molar-refractivity contribution < 1.29 is 9.53 Å². The molecule has 6 heteroatoms. The lowest BCUT2D eigenvalue weighted by Gasteiger charge is -2.23. The van der Waals surface area contributed by atoms with E-state index in [0.717, 1.165) is 32.4 Å². The lowest BCUT2D eigenvalue weighted by Crippen LogP contribution is -2.29. The largest absolute Gasteiger partial charge is 0.468 e. The van der Waals surface area contributed by atoms with Crippen LogP contribution in [-0.4, -0.2) is 27.2 Å². The van der Waals surface area contributed by atoms with Crippen molar-refractivity contribution in [3.8, 4) is 17.2 Å². The van der Waals surface area contributed by atoms with Crippen molar-refractivity contribution in [3.05, 3.63) is 66.6 Å². The minimum Gasteiger partial charge on any atom is -0.468 e. The van der Waals surface area contributed by atoms with Crippen molar-refractivity contribution in [2.24, 2.45) is 0 Å². The van der Waals surface area contributed by atoms with E-state index < -0.39 is 4.75 Å². The second-order valence-electron chi connectivity index (χ2n) is 7.17.